The summed E-state index contributed by atoms with van der Waals surface area (Å²) in [5.74, 6) is 0.798. The van der Waals surface area contributed by atoms with Gasteiger partial charge in [-0.3, -0.25) is 0 Å². The molecule has 0 aromatic heterocycles. The maximum atomic E-state index is 2.54. The third-order valence-corrected chi connectivity index (χ3v) is 3.98. The lowest BCUT2D eigenvalue weighted by Gasteiger charge is -2.08. The Morgan fingerprint density at radius 2 is 1.56 bits per heavy atom. The first-order valence-corrected chi connectivity index (χ1v) is 7.26. The van der Waals surface area contributed by atoms with E-state index in [9.17, 15) is 0 Å². The highest BCUT2D eigenvalue weighted by Gasteiger charge is 2.16. The minimum absolute atomic E-state index is 0.798. The first-order chi connectivity index (χ1) is 7.86. The summed E-state index contributed by atoms with van der Waals surface area (Å²) in [6.07, 6.45) is 19.1. The molecule has 0 nitrogen and oxygen atoms in total. The Morgan fingerprint density at radius 1 is 0.875 bits per heavy atom. The smallest absolute Gasteiger partial charge is 0.0216 e. The van der Waals surface area contributed by atoms with Gasteiger partial charge in [-0.25, -0.2) is 0 Å². The van der Waals surface area contributed by atoms with Crippen molar-refractivity contribution in [3.05, 3.63) is 23.3 Å². The maximum absolute atomic E-state index is 2.54. The highest BCUT2D eigenvalue weighted by atomic mass is 14.2. The zero-order valence-corrected chi connectivity index (χ0v) is 10.8. The standard InChI is InChI=1S/C16H26/c1-14-12-15-10-8-6-4-2-3-5-7-9-11-16(15)13-14/h10,13-14H,2-9,11-12H2,1H3. The first-order valence-electron chi connectivity index (χ1n) is 7.26. The molecule has 0 saturated heterocycles. The molecule has 0 spiro atoms. The Labute approximate surface area is 101 Å². The second-order valence-corrected chi connectivity index (χ2v) is 5.62. The van der Waals surface area contributed by atoms with Gasteiger partial charge >= 0.3 is 0 Å². The minimum Gasteiger partial charge on any atom is -0.0810 e. The van der Waals surface area contributed by atoms with Crippen LogP contribution >= 0.6 is 0 Å². The van der Waals surface area contributed by atoms with Gasteiger partial charge in [0.05, 0.1) is 0 Å². The van der Waals surface area contributed by atoms with Gasteiger partial charge in [-0.1, -0.05) is 51.2 Å². The van der Waals surface area contributed by atoms with Gasteiger partial charge in [0.1, 0.15) is 0 Å². The van der Waals surface area contributed by atoms with Crippen LogP contribution in [0.1, 0.15) is 71.1 Å². The zero-order chi connectivity index (χ0) is 11.2. The fraction of sp³-hybridized carbons (Fsp3) is 0.750. The molecular weight excluding hydrogens is 192 g/mol. The quantitative estimate of drug-likeness (QED) is 0.510. The zero-order valence-electron chi connectivity index (χ0n) is 10.8. The molecule has 0 amide bonds. The fourth-order valence-electron chi connectivity index (χ4n) is 3.07. The Morgan fingerprint density at radius 3 is 2.38 bits per heavy atom. The molecule has 1 unspecified atom stereocenters. The van der Waals surface area contributed by atoms with Crippen LogP contribution in [-0.2, 0) is 0 Å². The third kappa shape index (κ3) is 3.50. The topological polar surface area (TPSA) is 0 Å². The number of rotatable bonds is 0. The van der Waals surface area contributed by atoms with Crippen molar-refractivity contribution in [2.24, 2.45) is 5.92 Å². The van der Waals surface area contributed by atoms with Gasteiger partial charge in [0.15, 0.2) is 0 Å². The van der Waals surface area contributed by atoms with E-state index in [0.29, 0.717) is 0 Å². The molecule has 90 valence electrons. The average Bonchev–Trinajstić information content (AvgIpc) is 2.59. The van der Waals surface area contributed by atoms with Crippen LogP contribution in [-0.4, -0.2) is 0 Å². The van der Waals surface area contributed by atoms with Crippen LogP contribution in [0.25, 0.3) is 0 Å². The van der Waals surface area contributed by atoms with Gasteiger partial charge in [-0.05, 0) is 49.2 Å². The van der Waals surface area contributed by atoms with E-state index in [0.717, 1.165) is 5.92 Å². The van der Waals surface area contributed by atoms with Crippen LogP contribution < -0.4 is 0 Å². The molecular formula is C16H26. The Hall–Kier alpha value is -0.520. The van der Waals surface area contributed by atoms with Crippen LogP contribution in [0.4, 0.5) is 0 Å². The molecule has 0 bridgehead atoms. The molecule has 0 N–H and O–H groups in total. The van der Waals surface area contributed by atoms with Crippen molar-refractivity contribution in [2.45, 2.75) is 71.1 Å². The van der Waals surface area contributed by atoms with Crippen molar-refractivity contribution < 1.29 is 0 Å². The lowest BCUT2D eigenvalue weighted by atomic mass is 9.98. The molecule has 0 aromatic carbocycles. The number of fused-ring (bicyclic) bond motifs is 1. The van der Waals surface area contributed by atoms with E-state index in [4.69, 9.17) is 0 Å². The number of allylic oxidation sites excluding steroid dienone is 4. The van der Waals surface area contributed by atoms with Crippen molar-refractivity contribution in [1.29, 1.82) is 0 Å². The Bertz CT molecular complexity index is 270. The van der Waals surface area contributed by atoms with Crippen molar-refractivity contribution in [3.63, 3.8) is 0 Å². The van der Waals surface area contributed by atoms with Gasteiger partial charge in [-0.15, -0.1) is 0 Å². The summed E-state index contributed by atoms with van der Waals surface area (Å²) in [4.78, 5) is 0. The summed E-state index contributed by atoms with van der Waals surface area (Å²) < 4.78 is 0. The van der Waals surface area contributed by atoms with Gasteiger partial charge in [0.25, 0.3) is 0 Å². The van der Waals surface area contributed by atoms with Crippen LogP contribution in [0.5, 0.6) is 0 Å². The molecule has 0 radical (unpaired) electrons. The van der Waals surface area contributed by atoms with Crippen molar-refractivity contribution in [3.8, 4) is 0 Å². The molecule has 0 saturated carbocycles. The van der Waals surface area contributed by atoms with Crippen molar-refractivity contribution >= 4 is 0 Å². The molecule has 0 fully saturated rings. The van der Waals surface area contributed by atoms with Crippen LogP contribution in [0, 0.1) is 5.92 Å². The Kier molecular flexibility index (Phi) is 4.69. The monoisotopic (exact) mass is 218 g/mol. The first kappa shape index (κ1) is 12.0. The highest BCUT2D eigenvalue weighted by molar-refractivity contribution is 5.37. The van der Waals surface area contributed by atoms with Gasteiger partial charge in [0, 0.05) is 0 Å². The summed E-state index contributed by atoms with van der Waals surface area (Å²) in [7, 11) is 0. The van der Waals surface area contributed by atoms with Crippen LogP contribution in [0.15, 0.2) is 23.3 Å². The lowest BCUT2D eigenvalue weighted by Crippen LogP contribution is -1.89. The largest absolute Gasteiger partial charge is 0.0810 e. The van der Waals surface area contributed by atoms with E-state index in [1.165, 1.54) is 64.2 Å². The molecule has 2 aliphatic carbocycles. The predicted octanol–water partition coefficient (Wildman–Crippen LogP) is 5.40. The predicted molar refractivity (Wildman–Crippen MR) is 71.5 cm³/mol. The van der Waals surface area contributed by atoms with E-state index < -0.39 is 0 Å². The maximum Gasteiger partial charge on any atom is -0.0216 e. The molecule has 0 heteroatoms. The van der Waals surface area contributed by atoms with Crippen LogP contribution in [0.3, 0.4) is 0 Å². The average molecular weight is 218 g/mol. The highest BCUT2D eigenvalue weighted by Crippen LogP contribution is 2.33. The van der Waals surface area contributed by atoms with E-state index in [1.54, 1.807) is 11.1 Å². The normalized spacial score (nSPS) is 28.4. The SMILES string of the molecule is CC1C=C2CCCCCCCCCC=C2C1. The Balaban J connectivity index is 1.97. The van der Waals surface area contributed by atoms with Gasteiger partial charge < -0.3 is 0 Å². The minimum atomic E-state index is 0.798. The molecule has 0 heterocycles. The van der Waals surface area contributed by atoms with E-state index in [1.807, 2.05) is 0 Å². The molecule has 1 atom stereocenters. The molecule has 0 aromatic rings. The van der Waals surface area contributed by atoms with Crippen LogP contribution in [0.2, 0.25) is 0 Å². The van der Waals surface area contributed by atoms with Crippen molar-refractivity contribution in [2.75, 3.05) is 0 Å². The second-order valence-electron chi connectivity index (χ2n) is 5.62. The lowest BCUT2D eigenvalue weighted by molar-refractivity contribution is 0.577. The molecule has 2 aliphatic rings. The molecule has 2 rings (SSSR count). The number of hydrogen-bond donors (Lipinski definition) is 0. The summed E-state index contributed by atoms with van der Waals surface area (Å²) >= 11 is 0. The van der Waals surface area contributed by atoms with E-state index in [-0.39, 0.29) is 0 Å². The summed E-state index contributed by atoms with van der Waals surface area (Å²) in [6.45, 7) is 2.36. The molecule has 16 heavy (non-hydrogen) atoms. The summed E-state index contributed by atoms with van der Waals surface area (Å²) in [5.41, 5.74) is 3.38. The summed E-state index contributed by atoms with van der Waals surface area (Å²) in [5, 5.41) is 0. The van der Waals surface area contributed by atoms with Crippen molar-refractivity contribution in [1.82, 2.24) is 0 Å². The van der Waals surface area contributed by atoms with E-state index >= 15 is 0 Å². The van der Waals surface area contributed by atoms with Gasteiger partial charge in [-0.2, -0.15) is 0 Å². The summed E-state index contributed by atoms with van der Waals surface area (Å²) in [6, 6.07) is 0. The third-order valence-electron chi connectivity index (χ3n) is 3.98. The second kappa shape index (κ2) is 6.27. The van der Waals surface area contributed by atoms with E-state index in [2.05, 4.69) is 19.1 Å². The fourth-order valence-corrected chi connectivity index (χ4v) is 3.07. The van der Waals surface area contributed by atoms with Gasteiger partial charge in [0.2, 0.25) is 0 Å². The molecule has 0 aliphatic heterocycles. The number of hydrogen-bond acceptors (Lipinski definition) is 0.